The number of carbonyl (C=O) groups excluding carboxylic acids is 2. The van der Waals surface area contributed by atoms with Crippen LogP contribution in [0.2, 0.25) is 0 Å². The molecule has 5 nitrogen and oxygen atoms in total. The van der Waals surface area contributed by atoms with Crippen molar-refractivity contribution in [3.05, 3.63) is 29.3 Å². The Bertz CT molecular complexity index is 620. The molecule has 0 spiro atoms. The van der Waals surface area contributed by atoms with Crippen molar-refractivity contribution in [2.24, 2.45) is 11.8 Å². The number of carbonyl (C=O) groups is 2. The monoisotopic (exact) mass is 359 g/mol. The first-order valence-corrected chi connectivity index (χ1v) is 9.74. The van der Waals surface area contributed by atoms with Gasteiger partial charge in [-0.2, -0.15) is 0 Å². The minimum Gasteiger partial charge on any atom is -0.355 e. The molecule has 144 valence electrons. The second-order valence-electron chi connectivity index (χ2n) is 7.59. The summed E-state index contributed by atoms with van der Waals surface area (Å²) in [7, 11) is 3.99. The van der Waals surface area contributed by atoms with Crippen molar-refractivity contribution >= 4 is 17.5 Å². The van der Waals surface area contributed by atoms with Crippen LogP contribution in [0.3, 0.4) is 0 Å². The lowest BCUT2D eigenvalue weighted by atomic mass is 9.81. The fourth-order valence-electron chi connectivity index (χ4n) is 3.59. The van der Waals surface area contributed by atoms with Crippen molar-refractivity contribution in [2.75, 3.05) is 32.5 Å². The summed E-state index contributed by atoms with van der Waals surface area (Å²) in [5.41, 5.74) is 3.24. The third-order valence-electron chi connectivity index (χ3n) is 5.32. The number of hydrogen-bond acceptors (Lipinski definition) is 3. The topological polar surface area (TPSA) is 61.4 Å². The van der Waals surface area contributed by atoms with Crippen LogP contribution in [0, 0.1) is 18.8 Å². The van der Waals surface area contributed by atoms with Gasteiger partial charge in [0.2, 0.25) is 11.8 Å². The van der Waals surface area contributed by atoms with Crippen LogP contribution >= 0.6 is 0 Å². The summed E-state index contributed by atoms with van der Waals surface area (Å²) < 4.78 is 0. The molecule has 0 unspecified atom stereocenters. The van der Waals surface area contributed by atoms with E-state index in [0.717, 1.165) is 49.9 Å². The molecule has 0 saturated heterocycles. The predicted octanol–water partition coefficient (Wildman–Crippen LogP) is 2.98. The molecule has 5 heteroatoms. The van der Waals surface area contributed by atoms with E-state index in [1.165, 1.54) is 5.56 Å². The first kappa shape index (κ1) is 20.4. The molecule has 0 radical (unpaired) electrons. The Morgan fingerprint density at radius 2 is 1.69 bits per heavy atom. The Kier molecular flexibility index (Phi) is 7.64. The maximum absolute atomic E-state index is 12.7. The van der Waals surface area contributed by atoms with Gasteiger partial charge >= 0.3 is 0 Å². The van der Waals surface area contributed by atoms with Crippen LogP contribution < -0.4 is 10.6 Å². The van der Waals surface area contributed by atoms with Gasteiger partial charge in [-0.1, -0.05) is 25.1 Å². The van der Waals surface area contributed by atoms with E-state index in [1.54, 1.807) is 0 Å². The van der Waals surface area contributed by atoms with Gasteiger partial charge in [-0.3, -0.25) is 9.59 Å². The lowest BCUT2D eigenvalue weighted by molar-refractivity contribution is -0.128. The SMILES string of the molecule is CCc1cccc(C)c1NC(=O)C1CCC(C(=O)NCCN(C)C)CC1. The van der Waals surface area contributed by atoms with E-state index in [1.807, 2.05) is 33.2 Å². The molecular weight excluding hydrogens is 326 g/mol. The lowest BCUT2D eigenvalue weighted by Crippen LogP contribution is -2.38. The van der Waals surface area contributed by atoms with Crippen molar-refractivity contribution in [3.8, 4) is 0 Å². The van der Waals surface area contributed by atoms with E-state index >= 15 is 0 Å². The molecule has 2 rings (SSSR count). The molecule has 1 aliphatic rings. The average molecular weight is 360 g/mol. The number of rotatable bonds is 7. The maximum atomic E-state index is 12.7. The Hall–Kier alpha value is -1.88. The predicted molar refractivity (Wildman–Crippen MR) is 106 cm³/mol. The number of amides is 2. The Morgan fingerprint density at radius 3 is 2.27 bits per heavy atom. The molecule has 0 heterocycles. The van der Waals surface area contributed by atoms with Crippen LogP contribution in [-0.4, -0.2) is 43.9 Å². The van der Waals surface area contributed by atoms with Gasteiger partial charge in [-0.15, -0.1) is 0 Å². The van der Waals surface area contributed by atoms with E-state index in [-0.39, 0.29) is 23.7 Å². The number of hydrogen-bond donors (Lipinski definition) is 2. The third kappa shape index (κ3) is 5.56. The van der Waals surface area contributed by atoms with E-state index in [0.29, 0.717) is 6.54 Å². The maximum Gasteiger partial charge on any atom is 0.227 e. The number of likely N-dealkylation sites (N-methyl/N-ethyl adjacent to an activating group) is 1. The van der Waals surface area contributed by atoms with Gasteiger partial charge in [0, 0.05) is 30.6 Å². The van der Waals surface area contributed by atoms with Crippen LogP contribution in [-0.2, 0) is 16.0 Å². The molecule has 1 fully saturated rings. The Labute approximate surface area is 157 Å². The fourth-order valence-corrected chi connectivity index (χ4v) is 3.59. The summed E-state index contributed by atoms with van der Waals surface area (Å²) >= 11 is 0. The molecule has 1 aromatic carbocycles. The lowest BCUT2D eigenvalue weighted by Gasteiger charge is -2.27. The van der Waals surface area contributed by atoms with Gasteiger partial charge in [-0.25, -0.2) is 0 Å². The Balaban J connectivity index is 1.84. The van der Waals surface area contributed by atoms with E-state index in [9.17, 15) is 9.59 Å². The molecule has 1 saturated carbocycles. The normalized spacial score (nSPS) is 20.0. The number of para-hydroxylation sites is 1. The highest BCUT2D eigenvalue weighted by Crippen LogP contribution is 2.31. The van der Waals surface area contributed by atoms with Gasteiger partial charge in [-0.05, 0) is 64.3 Å². The van der Waals surface area contributed by atoms with E-state index in [2.05, 4.69) is 28.5 Å². The summed E-state index contributed by atoms with van der Waals surface area (Å²) in [6.07, 6.45) is 4.05. The molecule has 26 heavy (non-hydrogen) atoms. The largest absolute Gasteiger partial charge is 0.355 e. The Morgan fingerprint density at radius 1 is 1.08 bits per heavy atom. The van der Waals surface area contributed by atoms with E-state index < -0.39 is 0 Å². The first-order chi connectivity index (χ1) is 12.4. The smallest absolute Gasteiger partial charge is 0.227 e. The van der Waals surface area contributed by atoms with Crippen LogP contribution in [0.1, 0.15) is 43.7 Å². The molecule has 1 aromatic rings. The van der Waals surface area contributed by atoms with Crippen molar-refractivity contribution in [1.82, 2.24) is 10.2 Å². The number of nitrogens with zero attached hydrogens (tertiary/aromatic N) is 1. The average Bonchev–Trinajstić information content (AvgIpc) is 2.63. The van der Waals surface area contributed by atoms with Crippen LogP contribution in [0.4, 0.5) is 5.69 Å². The summed E-state index contributed by atoms with van der Waals surface area (Å²) in [6, 6.07) is 6.13. The molecule has 2 N–H and O–H groups in total. The second kappa shape index (κ2) is 9.72. The van der Waals surface area contributed by atoms with Gasteiger partial charge < -0.3 is 15.5 Å². The number of anilines is 1. The van der Waals surface area contributed by atoms with E-state index in [4.69, 9.17) is 0 Å². The zero-order chi connectivity index (χ0) is 19.1. The minimum absolute atomic E-state index is 0.00476. The minimum atomic E-state index is 0.00476. The molecule has 0 aliphatic heterocycles. The zero-order valence-electron chi connectivity index (χ0n) is 16.6. The third-order valence-corrected chi connectivity index (χ3v) is 5.32. The molecule has 0 atom stereocenters. The molecular formula is C21H33N3O2. The van der Waals surface area contributed by atoms with Gasteiger partial charge in [0.15, 0.2) is 0 Å². The van der Waals surface area contributed by atoms with Crippen molar-refractivity contribution in [2.45, 2.75) is 46.0 Å². The molecule has 0 bridgehead atoms. The van der Waals surface area contributed by atoms with Gasteiger partial charge in [0.05, 0.1) is 0 Å². The quantitative estimate of drug-likeness (QED) is 0.787. The van der Waals surface area contributed by atoms with Crippen LogP contribution in [0.5, 0.6) is 0 Å². The first-order valence-electron chi connectivity index (χ1n) is 9.74. The van der Waals surface area contributed by atoms with Crippen molar-refractivity contribution in [3.63, 3.8) is 0 Å². The molecule has 1 aliphatic carbocycles. The summed E-state index contributed by atoms with van der Waals surface area (Å²) in [6.45, 7) is 5.66. The fraction of sp³-hybridized carbons (Fsp3) is 0.619. The number of nitrogens with one attached hydrogen (secondary N) is 2. The summed E-state index contributed by atoms with van der Waals surface area (Å²) in [5, 5.41) is 6.15. The van der Waals surface area contributed by atoms with Crippen molar-refractivity contribution < 1.29 is 9.59 Å². The van der Waals surface area contributed by atoms with Gasteiger partial charge in [0.1, 0.15) is 0 Å². The number of aryl methyl sites for hydroxylation is 2. The standard InChI is InChI=1S/C21H33N3O2/c1-5-16-8-6-7-15(2)19(16)23-21(26)18-11-9-17(10-12-18)20(25)22-13-14-24(3)4/h6-8,17-18H,5,9-14H2,1-4H3,(H,22,25)(H,23,26). The highest BCUT2D eigenvalue weighted by atomic mass is 16.2. The van der Waals surface area contributed by atoms with Crippen molar-refractivity contribution in [1.29, 1.82) is 0 Å². The highest BCUT2D eigenvalue weighted by molar-refractivity contribution is 5.94. The molecule has 2 amide bonds. The van der Waals surface area contributed by atoms with Gasteiger partial charge in [0.25, 0.3) is 0 Å². The van der Waals surface area contributed by atoms with Crippen LogP contribution in [0.15, 0.2) is 18.2 Å². The number of benzene rings is 1. The summed E-state index contributed by atoms with van der Waals surface area (Å²) in [5.74, 6) is 0.286. The summed E-state index contributed by atoms with van der Waals surface area (Å²) in [4.78, 5) is 27.0. The zero-order valence-corrected chi connectivity index (χ0v) is 16.6. The van der Waals surface area contributed by atoms with Crippen LogP contribution in [0.25, 0.3) is 0 Å². The molecule has 0 aromatic heterocycles. The highest BCUT2D eigenvalue weighted by Gasteiger charge is 2.30. The second-order valence-corrected chi connectivity index (χ2v) is 7.59.